The summed E-state index contributed by atoms with van der Waals surface area (Å²) in [6.07, 6.45) is 0. The van der Waals surface area contributed by atoms with Crippen LogP contribution < -0.4 is 10.6 Å². The molecule has 0 aliphatic heterocycles. The van der Waals surface area contributed by atoms with Crippen LogP contribution in [0.15, 0.2) is 18.2 Å². The molecule has 0 saturated carbocycles. The van der Waals surface area contributed by atoms with Gasteiger partial charge in [0.15, 0.2) is 5.78 Å². The Balaban J connectivity index is 2.35. The van der Waals surface area contributed by atoms with Crippen LogP contribution in [0.3, 0.4) is 0 Å². The maximum absolute atomic E-state index is 14.5. The Kier molecular flexibility index (Phi) is 5.85. The van der Waals surface area contributed by atoms with E-state index in [0.717, 1.165) is 16.7 Å². The number of rotatable bonds is 6. The fourth-order valence-corrected chi connectivity index (χ4v) is 2.66. The lowest BCUT2D eigenvalue weighted by molar-refractivity contribution is 0.0981. The minimum absolute atomic E-state index is 0.0270. The SMILES string of the molecule is CCNCC(=O)c1c(C)c(C(=O)Nc2ccc(F)c(C#N)c2)c(F)n1C. The average molecular weight is 360 g/mol. The molecule has 6 nitrogen and oxygen atoms in total. The molecule has 0 saturated heterocycles. The van der Waals surface area contributed by atoms with Gasteiger partial charge < -0.3 is 15.2 Å². The zero-order chi connectivity index (χ0) is 19.4. The molecule has 2 aromatic rings. The molecule has 0 atom stereocenters. The highest BCUT2D eigenvalue weighted by molar-refractivity contribution is 6.08. The minimum Gasteiger partial charge on any atom is -0.322 e. The van der Waals surface area contributed by atoms with Crippen molar-refractivity contribution in [2.45, 2.75) is 13.8 Å². The van der Waals surface area contributed by atoms with Crippen LogP contribution in [0.25, 0.3) is 0 Å². The average Bonchev–Trinajstić information content (AvgIpc) is 2.83. The maximum atomic E-state index is 14.5. The molecule has 0 unspecified atom stereocenters. The number of carbonyl (C=O) groups excluding carboxylic acids is 2. The third kappa shape index (κ3) is 3.63. The maximum Gasteiger partial charge on any atom is 0.260 e. The topological polar surface area (TPSA) is 86.9 Å². The predicted octanol–water partition coefficient (Wildman–Crippen LogP) is 2.53. The van der Waals surface area contributed by atoms with Gasteiger partial charge in [0.05, 0.1) is 23.4 Å². The standard InChI is InChI=1S/C18H18F2N4O2/c1-4-22-9-14(25)16-10(2)15(17(20)24(16)3)18(26)23-12-5-6-13(19)11(7-12)8-21/h5-7,22H,4,9H2,1-3H3,(H,23,26). The summed E-state index contributed by atoms with van der Waals surface area (Å²) in [5, 5.41) is 14.1. The Morgan fingerprint density at radius 3 is 2.62 bits per heavy atom. The molecule has 0 bridgehead atoms. The molecular weight excluding hydrogens is 342 g/mol. The van der Waals surface area contributed by atoms with E-state index in [1.54, 1.807) is 6.07 Å². The fraction of sp³-hybridized carbons (Fsp3) is 0.278. The quantitative estimate of drug-likeness (QED) is 0.775. The van der Waals surface area contributed by atoms with Gasteiger partial charge in [0, 0.05) is 12.7 Å². The highest BCUT2D eigenvalue weighted by Gasteiger charge is 2.27. The van der Waals surface area contributed by atoms with Crippen molar-refractivity contribution in [1.82, 2.24) is 9.88 Å². The fourth-order valence-electron chi connectivity index (χ4n) is 2.66. The molecule has 136 valence electrons. The van der Waals surface area contributed by atoms with E-state index in [-0.39, 0.29) is 40.4 Å². The van der Waals surface area contributed by atoms with Crippen molar-refractivity contribution in [1.29, 1.82) is 5.26 Å². The number of anilines is 1. The van der Waals surface area contributed by atoms with Gasteiger partial charge in [0.2, 0.25) is 5.95 Å². The van der Waals surface area contributed by atoms with Crippen LogP contribution in [0.5, 0.6) is 0 Å². The number of amides is 1. The summed E-state index contributed by atoms with van der Waals surface area (Å²) in [7, 11) is 1.37. The van der Waals surface area contributed by atoms with Crippen LogP contribution in [0.2, 0.25) is 0 Å². The lowest BCUT2D eigenvalue weighted by atomic mass is 10.1. The number of Topliss-reactive ketones (excluding diaryl/α,β-unsaturated/α-hetero) is 1. The van der Waals surface area contributed by atoms with Crippen LogP contribution >= 0.6 is 0 Å². The summed E-state index contributed by atoms with van der Waals surface area (Å²) in [6.45, 7) is 3.93. The number of aromatic nitrogens is 1. The number of hydrogen-bond donors (Lipinski definition) is 2. The van der Waals surface area contributed by atoms with E-state index in [9.17, 15) is 18.4 Å². The van der Waals surface area contributed by atoms with Gasteiger partial charge in [-0.3, -0.25) is 9.59 Å². The van der Waals surface area contributed by atoms with E-state index in [0.29, 0.717) is 6.54 Å². The van der Waals surface area contributed by atoms with Gasteiger partial charge in [0.25, 0.3) is 5.91 Å². The van der Waals surface area contributed by atoms with E-state index in [1.165, 1.54) is 20.0 Å². The number of nitriles is 1. The molecule has 0 aliphatic rings. The second-order valence-corrected chi connectivity index (χ2v) is 5.66. The van der Waals surface area contributed by atoms with Gasteiger partial charge in [-0.15, -0.1) is 0 Å². The summed E-state index contributed by atoms with van der Waals surface area (Å²) < 4.78 is 28.9. The van der Waals surface area contributed by atoms with Crippen molar-refractivity contribution in [3.63, 3.8) is 0 Å². The van der Waals surface area contributed by atoms with Crippen LogP contribution in [-0.2, 0) is 7.05 Å². The number of likely N-dealkylation sites (N-methyl/N-ethyl adjacent to an activating group) is 1. The highest BCUT2D eigenvalue weighted by Crippen LogP contribution is 2.23. The number of hydrogen-bond acceptors (Lipinski definition) is 4. The monoisotopic (exact) mass is 360 g/mol. The lowest BCUT2D eigenvalue weighted by Gasteiger charge is -2.06. The van der Waals surface area contributed by atoms with Gasteiger partial charge in [-0.1, -0.05) is 6.92 Å². The number of halogens is 2. The van der Waals surface area contributed by atoms with Crippen molar-refractivity contribution in [2.75, 3.05) is 18.4 Å². The van der Waals surface area contributed by atoms with Crippen LogP contribution in [0.4, 0.5) is 14.5 Å². The molecule has 0 fully saturated rings. The normalized spacial score (nSPS) is 10.5. The molecular formula is C18H18F2N4O2. The van der Waals surface area contributed by atoms with Crippen LogP contribution in [-0.4, -0.2) is 29.3 Å². The summed E-state index contributed by atoms with van der Waals surface area (Å²) in [4.78, 5) is 24.7. The highest BCUT2D eigenvalue weighted by atomic mass is 19.1. The molecule has 1 aromatic heterocycles. The molecule has 1 amide bonds. The second kappa shape index (κ2) is 7.89. The molecule has 1 aromatic carbocycles. The zero-order valence-corrected chi connectivity index (χ0v) is 14.6. The van der Waals surface area contributed by atoms with E-state index < -0.39 is 17.7 Å². The Bertz CT molecular complexity index is 913. The van der Waals surface area contributed by atoms with E-state index >= 15 is 0 Å². The largest absolute Gasteiger partial charge is 0.322 e. The number of nitrogens with one attached hydrogen (secondary N) is 2. The Hall–Kier alpha value is -3.05. The third-order valence-electron chi connectivity index (χ3n) is 3.94. The predicted molar refractivity (Wildman–Crippen MR) is 92.1 cm³/mol. The van der Waals surface area contributed by atoms with Crippen molar-refractivity contribution >= 4 is 17.4 Å². The summed E-state index contributed by atoms with van der Waals surface area (Å²) in [6, 6.07) is 5.12. The van der Waals surface area contributed by atoms with Crippen molar-refractivity contribution < 1.29 is 18.4 Å². The van der Waals surface area contributed by atoms with Gasteiger partial charge in [-0.25, -0.2) is 4.39 Å². The molecule has 1 heterocycles. The van der Waals surface area contributed by atoms with Gasteiger partial charge in [0.1, 0.15) is 11.9 Å². The lowest BCUT2D eigenvalue weighted by Crippen LogP contribution is -2.24. The summed E-state index contributed by atoms with van der Waals surface area (Å²) in [5.41, 5.74) is -0.0423. The first-order chi connectivity index (χ1) is 12.3. The molecule has 0 spiro atoms. The first-order valence-electron chi connectivity index (χ1n) is 7.91. The van der Waals surface area contributed by atoms with Crippen molar-refractivity contribution in [3.8, 4) is 6.07 Å². The van der Waals surface area contributed by atoms with Gasteiger partial charge in [-0.2, -0.15) is 9.65 Å². The molecule has 26 heavy (non-hydrogen) atoms. The van der Waals surface area contributed by atoms with Crippen molar-refractivity contribution in [3.05, 3.63) is 52.3 Å². The van der Waals surface area contributed by atoms with Gasteiger partial charge >= 0.3 is 0 Å². The van der Waals surface area contributed by atoms with Crippen LogP contribution in [0, 0.1) is 30.0 Å². The molecule has 8 heteroatoms. The van der Waals surface area contributed by atoms with E-state index in [4.69, 9.17) is 5.26 Å². The summed E-state index contributed by atoms with van der Waals surface area (Å²) in [5.74, 6) is -2.68. The van der Waals surface area contributed by atoms with Crippen molar-refractivity contribution in [2.24, 2.45) is 7.05 Å². The number of carbonyl (C=O) groups is 2. The van der Waals surface area contributed by atoms with Crippen LogP contribution in [0.1, 0.15) is 38.9 Å². The Morgan fingerprint density at radius 1 is 1.31 bits per heavy atom. The smallest absolute Gasteiger partial charge is 0.260 e. The molecule has 2 N–H and O–H groups in total. The first-order valence-corrected chi connectivity index (χ1v) is 7.91. The number of nitrogens with zero attached hydrogens (tertiary/aromatic N) is 2. The van der Waals surface area contributed by atoms with Gasteiger partial charge in [-0.05, 0) is 37.2 Å². The van der Waals surface area contributed by atoms with E-state index in [1.807, 2.05) is 6.92 Å². The first kappa shape index (κ1) is 19.3. The minimum atomic E-state index is -0.845. The Morgan fingerprint density at radius 2 is 2.00 bits per heavy atom. The second-order valence-electron chi connectivity index (χ2n) is 5.66. The van der Waals surface area contributed by atoms with E-state index in [2.05, 4.69) is 10.6 Å². The summed E-state index contributed by atoms with van der Waals surface area (Å²) >= 11 is 0. The third-order valence-corrected chi connectivity index (χ3v) is 3.94. The molecule has 2 rings (SSSR count). The molecule has 0 radical (unpaired) electrons. The Labute approximate surface area is 149 Å². The number of benzene rings is 1. The number of ketones is 1. The molecule has 0 aliphatic carbocycles. The zero-order valence-electron chi connectivity index (χ0n) is 14.6.